The fourth-order valence-corrected chi connectivity index (χ4v) is 7.73. The number of nitrogens with zero attached hydrogens (tertiary/aromatic N) is 4. The highest BCUT2D eigenvalue weighted by molar-refractivity contribution is 6.34. The Morgan fingerprint density at radius 3 is 2.38 bits per heavy atom. The maximum Gasteiger partial charge on any atom is 0.306 e. The smallest absolute Gasteiger partial charge is 0.306 e. The fourth-order valence-electron chi connectivity index (χ4n) is 7.48. The van der Waals surface area contributed by atoms with Crippen molar-refractivity contribution in [1.82, 2.24) is 19.6 Å². The van der Waals surface area contributed by atoms with Crippen LogP contribution in [0.5, 0.6) is 0 Å². The Hall–Kier alpha value is -3.55. The van der Waals surface area contributed by atoms with E-state index in [-0.39, 0.29) is 54.5 Å². The topological polar surface area (TPSA) is 135 Å². The molecular weight excluding hydrogens is 638 g/mol. The lowest BCUT2D eigenvalue weighted by atomic mass is 9.87. The molecule has 1 aliphatic carbocycles. The molecule has 2 N–H and O–H groups in total. The van der Waals surface area contributed by atoms with Crippen molar-refractivity contribution in [3.8, 4) is 0 Å². The molecule has 3 aromatic rings. The third-order valence-corrected chi connectivity index (χ3v) is 10.5. The van der Waals surface area contributed by atoms with E-state index in [1.807, 2.05) is 35.2 Å². The van der Waals surface area contributed by atoms with Crippen molar-refractivity contribution in [2.75, 3.05) is 45.8 Å². The molecule has 3 aliphatic rings. The number of aryl methyl sites for hydroxylation is 1. The van der Waals surface area contributed by atoms with Crippen molar-refractivity contribution in [1.29, 1.82) is 0 Å². The molecule has 258 valence electrons. The van der Waals surface area contributed by atoms with E-state index in [1.165, 1.54) is 0 Å². The third-order valence-electron chi connectivity index (χ3n) is 10.2. The van der Waals surface area contributed by atoms with Crippen LogP contribution in [-0.2, 0) is 37.3 Å². The number of carboxylic acid groups (broad SMARTS) is 1. The Balaban J connectivity index is 1.12. The van der Waals surface area contributed by atoms with Crippen LogP contribution in [0.2, 0.25) is 5.02 Å². The molecule has 3 fully saturated rings. The van der Waals surface area contributed by atoms with E-state index < -0.39 is 5.97 Å². The normalized spacial score (nSPS) is 26.3. The van der Waals surface area contributed by atoms with Gasteiger partial charge in [-0.2, -0.15) is 5.10 Å². The zero-order chi connectivity index (χ0) is 33.9. The number of nitrogens with one attached hydrogen (secondary N) is 1. The molecule has 0 bridgehead atoms. The molecule has 1 aromatic heterocycles. The number of rotatable bonds is 11. The van der Waals surface area contributed by atoms with Crippen LogP contribution in [0.15, 0.2) is 42.5 Å². The van der Waals surface area contributed by atoms with Crippen LogP contribution in [0.25, 0.3) is 10.9 Å². The molecule has 48 heavy (non-hydrogen) atoms. The molecule has 1 unspecified atom stereocenters. The van der Waals surface area contributed by atoms with E-state index in [4.69, 9.17) is 25.8 Å². The highest BCUT2D eigenvalue weighted by atomic mass is 35.5. The van der Waals surface area contributed by atoms with Crippen molar-refractivity contribution in [3.05, 3.63) is 58.7 Å². The minimum atomic E-state index is -0.740. The number of aromatic nitrogens is 2. The first-order valence-corrected chi connectivity index (χ1v) is 17.0. The number of halogens is 1. The summed E-state index contributed by atoms with van der Waals surface area (Å²) in [4.78, 5) is 42.7. The maximum atomic E-state index is 13.9. The Labute approximate surface area is 285 Å². The summed E-state index contributed by atoms with van der Waals surface area (Å²) in [5, 5.41) is 17.7. The van der Waals surface area contributed by atoms with E-state index in [1.54, 1.807) is 38.1 Å². The summed E-state index contributed by atoms with van der Waals surface area (Å²) in [5.41, 5.74) is 2.33. The second kappa shape index (κ2) is 14.9. The van der Waals surface area contributed by atoms with Gasteiger partial charge in [-0.1, -0.05) is 35.9 Å². The molecule has 2 saturated heterocycles. The van der Waals surface area contributed by atoms with Gasteiger partial charge in [0.25, 0.3) is 5.91 Å². The van der Waals surface area contributed by atoms with E-state index in [0.29, 0.717) is 55.2 Å². The largest absolute Gasteiger partial charge is 0.481 e. The number of aliphatic carboxylic acids is 1. The number of amides is 2. The molecule has 0 spiro atoms. The fraction of sp³-hybridized carbons (Fsp3) is 0.543. The monoisotopic (exact) mass is 681 g/mol. The van der Waals surface area contributed by atoms with Gasteiger partial charge in [-0.3, -0.25) is 24.0 Å². The van der Waals surface area contributed by atoms with Gasteiger partial charge in [0, 0.05) is 52.3 Å². The predicted octanol–water partition coefficient (Wildman–Crippen LogP) is 4.00. The van der Waals surface area contributed by atoms with E-state index in [2.05, 4.69) is 15.3 Å². The molecule has 2 amide bonds. The summed E-state index contributed by atoms with van der Waals surface area (Å²) in [7, 11) is 5.19. The van der Waals surface area contributed by atoms with Gasteiger partial charge in [0.2, 0.25) is 5.91 Å². The highest BCUT2D eigenvalue weighted by Gasteiger charge is 2.43. The lowest BCUT2D eigenvalue weighted by Crippen LogP contribution is -2.41. The molecular formula is C35H44ClN5O7. The predicted molar refractivity (Wildman–Crippen MR) is 180 cm³/mol. The van der Waals surface area contributed by atoms with Crippen molar-refractivity contribution in [2.45, 2.75) is 68.9 Å². The van der Waals surface area contributed by atoms with Gasteiger partial charge < -0.3 is 29.5 Å². The number of para-hydroxylation sites is 1. The average molecular weight is 682 g/mol. The third kappa shape index (κ3) is 7.37. The summed E-state index contributed by atoms with van der Waals surface area (Å²) < 4.78 is 19.3. The summed E-state index contributed by atoms with van der Waals surface area (Å²) in [6.07, 6.45) is 3.46. The van der Waals surface area contributed by atoms with Gasteiger partial charge in [-0.05, 0) is 55.9 Å². The van der Waals surface area contributed by atoms with E-state index in [9.17, 15) is 19.5 Å². The van der Waals surface area contributed by atoms with Crippen molar-refractivity contribution in [2.24, 2.45) is 13.0 Å². The average Bonchev–Trinajstić information content (AvgIpc) is 3.80. The summed E-state index contributed by atoms with van der Waals surface area (Å²) in [6.45, 7) is 2.41. The second-order valence-electron chi connectivity index (χ2n) is 13.2. The number of carbonyl (C=O) groups excluding carboxylic acids is 2. The minimum absolute atomic E-state index is 0.00947. The number of ether oxygens (including phenoxy) is 3. The number of carboxylic acids is 1. The van der Waals surface area contributed by atoms with Gasteiger partial charge in [-0.25, -0.2) is 0 Å². The van der Waals surface area contributed by atoms with Gasteiger partial charge in [0.1, 0.15) is 0 Å². The number of anilines is 1. The summed E-state index contributed by atoms with van der Waals surface area (Å²) >= 11 is 6.63. The number of benzene rings is 2. The van der Waals surface area contributed by atoms with Crippen molar-refractivity contribution < 1.29 is 33.7 Å². The van der Waals surface area contributed by atoms with Crippen LogP contribution in [0.1, 0.15) is 48.2 Å². The first-order valence-electron chi connectivity index (χ1n) is 16.6. The Morgan fingerprint density at radius 1 is 1.00 bits per heavy atom. The number of carbonyl (C=O) groups is 3. The van der Waals surface area contributed by atoms with Crippen molar-refractivity contribution >= 4 is 46.0 Å². The van der Waals surface area contributed by atoms with Gasteiger partial charge >= 0.3 is 5.97 Å². The van der Waals surface area contributed by atoms with Crippen LogP contribution in [-0.4, -0.2) is 113 Å². The van der Waals surface area contributed by atoms with Crippen LogP contribution >= 0.6 is 11.6 Å². The number of likely N-dealkylation sites (tertiary alicyclic amines) is 2. The number of methoxy groups -OCH3 is 2. The first-order chi connectivity index (χ1) is 23.1. The molecule has 2 aromatic carbocycles. The second-order valence-corrected chi connectivity index (χ2v) is 13.6. The maximum absolute atomic E-state index is 13.9. The molecule has 3 heterocycles. The Bertz CT molecular complexity index is 1630. The van der Waals surface area contributed by atoms with E-state index >= 15 is 0 Å². The standard InChI is InChI=1S/C35H44ClN5O7/c1-39-29-7-5-4-6-26(29)33(38-39)34(43)37-28-13-8-21(14-27(28)36)15-32(42)41-17-23(40-18-30(46-2)31(19-40)47-3)16-24(41)20-48-25-11-9-22(10-12-25)35(44)45/h4-8,13-14,22-25,30-31H,9-12,15-20H2,1-3H3,(H,37,43)(H,44,45)/t22?,23-,24-,25?,30-,31?/m0/s1. The van der Waals surface area contributed by atoms with Gasteiger partial charge in [0.15, 0.2) is 5.69 Å². The minimum Gasteiger partial charge on any atom is -0.481 e. The molecule has 12 nitrogen and oxygen atoms in total. The van der Waals surface area contributed by atoms with Gasteiger partial charge in [-0.15, -0.1) is 0 Å². The molecule has 2 aliphatic heterocycles. The van der Waals surface area contributed by atoms with Crippen molar-refractivity contribution in [3.63, 3.8) is 0 Å². The SMILES string of the molecule is COC1CN([C@H]2C[C@@H](COC3CCC(C(=O)O)CC3)N(C(=O)Cc3ccc(NC(=O)c4nn(C)c5ccccc45)c(Cl)c3)C2)C[C@@H]1OC. The molecule has 1 saturated carbocycles. The molecule has 6 rings (SSSR count). The van der Waals surface area contributed by atoms with Gasteiger partial charge in [0.05, 0.1) is 59.5 Å². The molecule has 13 heteroatoms. The zero-order valence-corrected chi connectivity index (χ0v) is 28.4. The number of hydrogen-bond donors (Lipinski definition) is 2. The lowest BCUT2D eigenvalue weighted by molar-refractivity contribution is -0.144. The summed E-state index contributed by atoms with van der Waals surface area (Å²) in [6, 6.07) is 12.8. The molecule has 4 atom stereocenters. The lowest BCUT2D eigenvalue weighted by Gasteiger charge is -2.30. The van der Waals surface area contributed by atoms with Crippen LogP contribution in [0, 0.1) is 5.92 Å². The first kappa shape index (κ1) is 34.3. The Kier molecular flexibility index (Phi) is 10.7. The number of hydrogen-bond acceptors (Lipinski definition) is 8. The highest BCUT2D eigenvalue weighted by Crippen LogP contribution is 2.32. The summed E-state index contributed by atoms with van der Waals surface area (Å²) in [5.74, 6) is -1.44. The Morgan fingerprint density at radius 2 is 1.71 bits per heavy atom. The molecule has 0 radical (unpaired) electrons. The van der Waals surface area contributed by atoms with Crippen LogP contribution in [0.4, 0.5) is 5.69 Å². The van der Waals surface area contributed by atoms with Crippen LogP contribution < -0.4 is 5.32 Å². The van der Waals surface area contributed by atoms with E-state index in [0.717, 1.165) is 36.0 Å². The zero-order valence-electron chi connectivity index (χ0n) is 27.6. The number of fused-ring (bicyclic) bond motifs is 1. The van der Waals surface area contributed by atoms with Crippen LogP contribution in [0.3, 0.4) is 0 Å². The quantitative estimate of drug-likeness (QED) is 0.308.